The number of nitrogens with zero attached hydrogens (tertiary/aromatic N) is 5. The van der Waals surface area contributed by atoms with Gasteiger partial charge in [-0.1, -0.05) is 28.6 Å². The summed E-state index contributed by atoms with van der Waals surface area (Å²) in [5.41, 5.74) is 2.90. The predicted octanol–water partition coefficient (Wildman–Crippen LogP) is 3.75. The molecule has 2 aromatic heterocycles. The summed E-state index contributed by atoms with van der Waals surface area (Å²) < 4.78 is 39.6. The van der Waals surface area contributed by atoms with Gasteiger partial charge in [-0.2, -0.15) is 4.98 Å². The van der Waals surface area contributed by atoms with E-state index < -0.39 is 12.0 Å². The van der Waals surface area contributed by atoms with Crippen molar-refractivity contribution in [3.05, 3.63) is 59.3 Å². The topological polar surface area (TPSA) is 78.9 Å². The Kier molecular flexibility index (Phi) is 4.82. The minimum atomic E-state index is -1.35. The van der Waals surface area contributed by atoms with Crippen LogP contribution in [0.4, 0.5) is 8.78 Å². The van der Waals surface area contributed by atoms with E-state index in [2.05, 4.69) is 20.5 Å². The van der Waals surface area contributed by atoms with Crippen LogP contribution in [-0.2, 0) is 11.3 Å². The molecule has 1 aliphatic rings. The molecular formula is C19H17F2N5O2. The third-order valence-electron chi connectivity index (χ3n) is 4.40. The average molecular weight is 385 g/mol. The van der Waals surface area contributed by atoms with E-state index in [1.54, 1.807) is 11.8 Å². The van der Waals surface area contributed by atoms with Gasteiger partial charge in [-0.25, -0.2) is 13.5 Å². The van der Waals surface area contributed by atoms with Gasteiger partial charge in [0, 0.05) is 13.5 Å². The Morgan fingerprint density at radius 2 is 2.14 bits per heavy atom. The Bertz CT molecular complexity index is 1070. The number of hydrogen-bond acceptors (Lipinski definition) is 6. The fourth-order valence-electron chi connectivity index (χ4n) is 2.99. The molecule has 1 unspecified atom stereocenters. The molecule has 0 bridgehead atoms. The maximum absolute atomic E-state index is 14.1. The maximum Gasteiger partial charge on any atom is 0.280 e. The van der Waals surface area contributed by atoms with Crippen LogP contribution in [-0.4, -0.2) is 38.4 Å². The monoisotopic (exact) mass is 385 g/mol. The van der Waals surface area contributed by atoms with Crippen LogP contribution in [0.25, 0.3) is 22.8 Å². The number of methoxy groups -OCH3 is 1. The third kappa shape index (κ3) is 3.24. The lowest BCUT2D eigenvalue weighted by atomic mass is 10.0. The number of aryl methyl sites for hydroxylation is 1. The first-order valence-corrected chi connectivity index (χ1v) is 8.63. The molecule has 0 radical (unpaired) electrons. The van der Waals surface area contributed by atoms with Gasteiger partial charge in [-0.3, -0.25) is 0 Å². The van der Waals surface area contributed by atoms with Crippen LogP contribution in [0.15, 0.2) is 46.8 Å². The molecule has 28 heavy (non-hydrogen) atoms. The molecule has 0 fully saturated rings. The van der Waals surface area contributed by atoms with Gasteiger partial charge in [0.2, 0.25) is 5.82 Å². The Morgan fingerprint density at radius 3 is 2.89 bits per heavy atom. The van der Waals surface area contributed by atoms with E-state index in [9.17, 15) is 8.78 Å². The molecule has 0 amide bonds. The van der Waals surface area contributed by atoms with Crippen molar-refractivity contribution < 1.29 is 18.0 Å². The SMILES string of the molecule is COCc1c(-c2nc(C3=C(F)CC(F)C=C3)no2)nnn1-c1ccccc1C. The lowest BCUT2D eigenvalue weighted by Gasteiger charge is -2.09. The molecule has 144 valence electrons. The summed E-state index contributed by atoms with van der Waals surface area (Å²) >= 11 is 0. The van der Waals surface area contributed by atoms with Crippen LogP contribution < -0.4 is 0 Å². The number of para-hydroxylation sites is 1. The summed E-state index contributed by atoms with van der Waals surface area (Å²) in [6.45, 7) is 2.16. The number of aromatic nitrogens is 5. The zero-order chi connectivity index (χ0) is 19.7. The van der Waals surface area contributed by atoms with Crippen molar-refractivity contribution in [3.8, 4) is 17.3 Å². The van der Waals surface area contributed by atoms with Crippen LogP contribution in [0, 0.1) is 6.92 Å². The standard InChI is InChI=1S/C19H17F2N5O2/c1-11-5-3-4-6-15(11)26-16(10-27-2)17(23-25-26)19-22-18(24-28-19)13-8-7-12(20)9-14(13)21/h3-8,12H,9-10H2,1-2H3. The van der Waals surface area contributed by atoms with Crippen molar-refractivity contribution in [2.24, 2.45) is 0 Å². The van der Waals surface area contributed by atoms with Crippen LogP contribution in [0.3, 0.4) is 0 Å². The largest absolute Gasteiger partial charge is 0.378 e. The summed E-state index contributed by atoms with van der Waals surface area (Å²) in [4.78, 5) is 4.23. The lowest BCUT2D eigenvalue weighted by molar-refractivity contribution is 0.179. The van der Waals surface area contributed by atoms with E-state index in [4.69, 9.17) is 9.26 Å². The minimum Gasteiger partial charge on any atom is -0.378 e. The van der Waals surface area contributed by atoms with Gasteiger partial charge in [0.15, 0.2) is 5.69 Å². The quantitative estimate of drug-likeness (QED) is 0.666. The number of hydrogen-bond donors (Lipinski definition) is 0. The lowest BCUT2D eigenvalue weighted by Crippen LogP contribution is -2.05. The molecule has 0 aliphatic heterocycles. The third-order valence-corrected chi connectivity index (χ3v) is 4.40. The summed E-state index contributed by atoms with van der Waals surface area (Å²) in [6.07, 6.45) is 0.892. The van der Waals surface area contributed by atoms with Gasteiger partial charge in [0.05, 0.1) is 17.9 Å². The Balaban J connectivity index is 1.75. The van der Waals surface area contributed by atoms with Crippen LogP contribution >= 0.6 is 0 Å². The highest BCUT2D eigenvalue weighted by molar-refractivity contribution is 5.73. The molecular weight excluding hydrogens is 368 g/mol. The van der Waals surface area contributed by atoms with Gasteiger partial charge >= 0.3 is 0 Å². The van der Waals surface area contributed by atoms with Crippen LogP contribution in [0.1, 0.15) is 23.5 Å². The molecule has 3 aromatic rings. The van der Waals surface area contributed by atoms with Crippen molar-refractivity contribution in [2.45, 2.75) is 26.1 Å². The normalized spacial score (nSPS) is 16.8. The summed E-state index contributed by atoms with van der Waals surface area (Å²) in [5.74, 6) is -0.509. The van der Waals surface area contributed by atoms with E-state index in [1.165, 1.54) is 12.2 Å². The Labute approximate surface area is 159 Å². The van der Waals surface area contributed by atoms with Crippen molar-refractivity contribution in [1.29, 1.82) is 0 Å². The Hall–Kier alpha value is -3.20. The number of halogens is 2. The molecule has 2 heterocycles. The fourth-order valence-corrected chi connectivity index (χ4v) is 2.99. The van der Waals surface area contributed by atoms with E-state index in [0.29, 0.717) is 11.4 Å². The minimum absolute atomic E-state index is 0.0319. The first kappa shape index (κ1) is 18.2. The van der Waals surface area contributed by atoms with Gasteiger partial charge in [0.25, 0.3) is 5.89 Å². The number of allylic oxidation sites excluding steroid dienone is 4. The molecule has 7 nitrogen and oxygen atoms in total. The molecule has 1 atom stereocenters. The summed E-state index contributed by atoms with van der Waals surface area (Å²) in [7, 11) is 1.55. The van der Waals surface area contributed by atoms with E-state index in [0.717, 1.165) is 11.3 Å². The van der Waals surface area contributed by atoms with E-state index in [-0.39, 0.29) is 30.3 Å². The zero-order valence-electron chi connectivity index (χ0n) is 15.3. The molecule has 0 N–H and O–H groups in total. The van der Waals surface area contributed by atoms with Crippen molar-refractivity contribution in [2.75, 3.05) is 7.11 Å². The molecule has 1 aromatic carbocycles. The highest BCUT2D eigenvalue weighted by Crippen LogP contribution is 2.30. The van der Waals surface area contributed by atoms with E-state index >= 15 is 0 Å². The van der Waals surface area contributed by atoms with Gasteiger partial charge in [-0.15, -0.1) is 5.10 Å². The van der Waals surface area contributed by atoms with Crippen LogP contribution in [0.5, 0.6) is 0 Å². The Morgan fingerprint density at radius 1 is 1.32 bits per heavy atom. The summed E-state index contributed by atoms with van der Waals surface area (Å²) in [6, 6.07) is 7.69. The maximum atomic E-state index is 14.1. The fraction of sp³-hybridized carbons (Fsp3) is 0.263. The van der Waals surface area contributed by atoms with Gasteiger partial charge in [0.1, 0.15) is 17.7 Å². The summed E-state index contributed by atoms with van der Waals surface area (Å²) in [5, 5.41) is 12.2. The molecule has 0 saturated heterocycles. The second-order valence-corrected chi connectivity index (χ2v) is 6.34. The van der Waals surface area contributed by atoms with E-state index in [1.807, 2.05) is 31.2 Å². The highest BCUT2D eigenvalue weighted by Gasteiger charge is 2.25. The van der Waals surface area contributed by atoms with Crippen molar-refractivity contribution in [3.63, 3.8) is 0 Å². The van der Waals surface area contributed by atoms with Gasteiger partial charge in [-0.05, 0) is 30.7 Å². The smallest absolute Gasteiger partial charge is 0.280 e. The number of alkyl halides is 1. The van der Waals surface area contributed by atoms with Crippen molar-refractivity contribution >= 4 is 5.57 Å². The van der Waals surface area contributed by atoms with Crippen LogP contribution in [0.2, 0.25) is 0 Å². The molecule has 0 spiro atoms. The number of rotatable bonds is 5. The molecule has 1 aliphatic carbocycles. The highest BCUT2D eigenvalue weighted by atomic mass is 19.1. The van der Waals surface area contributed by atoms with Crippen molar-refractivity contribution in [1.82, 2.24) is 25.1 Å². The average Bonchev–Trinajstić information content (AvgIpc) is 3.30. The number of benzene rings is 1. The second-order valence-electron chi connectivity index (χ2n) is 6.34. The second kappa shape index (κ2) is 7.43. The first-order valence-electron chi connectivity index (χ1n) is 8.63. The molecule has 0 saturated carbocycles. The number of ether oxygens (including phenoxy) is 1. The van der Waals surface area contributed by atoms with Gasteiger partial charge < -0.3 is 9.26 Å². The zero-order valence-corrected chi connectivity index (χ0v) is 15.3. The predicted molar refractivity (Wildman–Crippen MR) is 96.8 cm³/mol. The molecule has 4 rings (SSSR count). The molecule has 9 heteroatoms. The first-order chi connectivity index (χ1) is 13.6.